The summed E-state index contributed by atoms with van der Waals surface area (Å²) in [6, 6.07) is 0. The summed E-state index contributed by atoms with van der Waals surface area (Å²) in [4.78, 5) is 27.0. The van der Waals surface area contributed by atoms with Gasteiger partial charge < -0.3 is 19.8 Å². The molecule has 0 aliphatic heterocycles. The number of carboxylic acids is 1. The molecule has 1 aliphatic rings. The van der Waals surface area contributed by atoms with Crippen molar-refractivity contribution in [2.24, 2.45) is 11.8 Å². The summed E-state index contributed by atoms with van der Waals surface area (Å²) < 4.78 is 1.94. The Kier molecular flexibility index (Phi) is 5.15. The van der Waals surface area contributed by atoms with Crippen LogP contribution in [0.25, 0.3) is 0 Å². The van der Waals surface area contributed by atoms with Gasteiger partial charge in [-0.2, -0.15) is 0 Å². The summed E-state index contributed by atoms with van der Waals surface area (Å²) in [7, 11) is 0. The van der Waals surface area contributed by atoms with Crippen molar-refractivity contribution in [3.63, 3.8) is 0 Å². The Balaban J connectivity index is 1.74. The quantitative estimate of drug-likeness (QED) is 0.739. The number of carbonyl (C=O) groups is 2. The van der Waals surface area contributed by atoms with Crippen LogP contribution in [0.2, 0.25) is 0 Å². The number of aryl methyl sites for hydroxylation is 1. The number of amides is 1. The molecule has 0 unspecified atom stereocenters. The van der Waals surface area contributed by atoms with Gasteiger partial charge in [0.1, 0.15) is 0 Å². The Bertz CT molecular complexity index is 445. The summed E-state index contributed by atoms with van der Waals surface area (Å²) in [6.45, 7) is 1.34. The largest absolute Gasteiger partial charge is 0.550 e. The highest BCUT2D eigenvalue weighted by Crippen LogP contribution is 2.29. The van der Waals surface area contributed by atoms with Crippen LogP contribution in [0, 0.1) is 11.8 Å². The maximum absolute atomic E-state index is 12.1. The molecule has 110 valence electrons. The predicted octanol–water partition coefficient (Wildman–Crippen LogP) is -0.0543. The zero-order valence-electron chi connectivity index (χ0n) is 11.5. The lowest BCUT2D eigenvalue weighted by Gasteiger charge is -2.31. The van der Waals surface area contributed by atoms with Crippen molar-refractivity contribution in [2.45, 2.75) is 38.6 Å². The number of nitrogens with zero attached hydrogens (tertiary/aromatic N) is 2. The lowest BCUT2D eigenvalue weighted by atomic mass is 9.79. The minimum atomic E-state index is -1.09. The maximum atomic E-state index is 12.1. The molecule has 1 aromatic rings. The van der Waals surface area contributed by atoms with Gasteiger partial charge >= 0.3 is 0 Å². The molecular formula is C14H20N3O3-. The standard InChI is InChI=1S/C14H21N3O3/c18-13(11-4-1-2-5-12(11)14(19)20)16-6-3-8-17-9-7-15-10-17/h7,9-12H,1-6,8H2,(H,16,18)(H,19,20)/p-1/t11-,12+/m1/s1. The van der Waals surface area contributed by atoms with Gasteiger partial charge in [-0.25, -0.2) is 4.98 Å². The van der Waals surface area contributed by atoms with Crippen molar-refractivity contribution in [2.75, 3.05) is 6.54 Å². The van der Waals surface area contributed by atoms with Crippen LogP contribution in [0.5, 0.6) is 0 Å². The molecule has 1 amide bonds. The molecular weight excluding hydrogens is 258 g/mol. The van der Waals surface area contributed by atoms with Gasteiger partial charge in [0.2, 0.25) is 5.91 Å². The zero-order valence-corrected chi connectivity index (χ0v) is 11.5. The molecule has 0 aromatic carbocycles. The van der Waals surface area contributed by atoms with Crippen LogP contribution in [0.15, 0.2) is 18.7 Å². The van der Waals surface area contributed by atoms with E-state index in [0.717, 1.165) is 25.8 Å². The molecule has 0 spiro atoms. The average Bonchev–Trinajstić information content (AvgIpc) is 2.96. The molecule has 0 radical (unpaired) electrons. The van der Waals surface area contributed by atoms with Gasteiger partial charge in [-0.1, -0.05) is 12.8 Å². The summed E-state index contributed by atoms with van der Waals surface area (Å²) in [5, 5.41) is 13.9. The molecule has 1 fully saturated rings. The van der Waals surface area contributed by atoms with Crippen LogP contribution >= 0.6 is 0 Å². The third kappa shape index (κ3) is 3.82. The highest BCUT2D eigenvalue weighted by Gasteiger charge is 2.31. The van der Waals surface area contributed by atoms with E-state index in [2.05, 4.69) is 10.3 Å². The monoisotopic (exact) mass is 278 g/mol. The normalized spacial score (nSPS) is 22.4. The molecule has 0 bridgehead atoms. The maximum Gasteiger partial charge on any atom is 0.223 e. The van der Waals surface area contributed by atoms with Gasteiger partial charge in [0.15, 0.2) is 0 Å². The van der Waals surface area contributed by atoms with Crippen molar-refractivity contribution < 1.29 is 14.7 Å². The second kappa shape index (κ2) is 7.07. The Labute approximate surface area is 118 Å². The third-order valence-electron chi connectivity index (χ3n) is 3.86. The average molecular weight is 278 g/mol. The number of carboxylic acid groups (broad SMARTS) is 1. The van der Waals surface area contributed by atoms with Gasteiger partial charge in [0.05, 0.1) is 6.33 Å². The van der Waals surface area contributed by atoms with Crippen LogP contribution in [-0.4, -0.2) is 28.0 Å². The number of carbonyl (C=O) groups excluding carboxylic acids is 2. The van der Waals surface area contributed by atoms with E-state index < -0.39 is 17.8 Å². The molecule has 1 saturated carbocycles. The number of hydrogen-bond acceptors (Lipinski definition) is 4. The minimum Gasteiger partial charge on any atom is -0.550 e. The number of imidazole rings is 1. The van der Waals surface area contributed by atoms with E-state index in [9.17, 15) is 14.7 Å². The first kappa shape index (κ1) is 14.6. The van der Waals surface area contributed by atoms with Crippen LogP contribution < -0.4 is 10.4 Å². The van der Waals surface area contributed by atoms with Gasteiger partial charge in [-0.3, -0.25) is 4.79 Å². The molecule has 2 rings (SSSR count). The van der Waals surface area contributed by atoms with E-state index in [1.165, 1.54) is 0 Å². The van der Waals surface area contributed by atoms with Gasteiger partial charge in [0, 0.05) is 43.3 Å². The first-order chi connectivity index (χ1) is 9.68. The first-order valence-electron chi connectivity index (χ1n) is 7.13. The Morgan fingerprint density at radius 1 is 1.30 bits per heavy atom. The van der Waals surface area contributed by atoms with Crippen LogP contribution in [0.4, 0.5) is 0 Å². The third-order valence-corrected chi connectivity index (χ3v) is 3.86. The topological polar surface area (TPSA) is 87.0 Å². The van der Waals surface area contributed by atoms with Crippen LogP contribution in [0.1, 0.15) is 32.1 Å². The number of nitrogens with one attached hydrogen (secondary N) is 1. The van der Waals surface area contributed by atoms with Crippen LogP contribution in [-0.2, 0) is 16.1 Å². The smallest absolute Gasteiger partial charge is 0.223 e. The molecule has 0 saturated heterocycles. The molecule has 2 atom stereocenters. The Morgan fingerprint density at radius 3 is 2.70 bits per heavy atom. The minimum absolute atomic E-state index is 0.149. The van der Waals surface area contributed by atoms with E-state index >= 15 is 0 Å². The van der Waals surface area contributed by atoms with E-state index in [1.807, 2.05) is 10.8 Å². The number of rotatable bonds is 6. The van der Waals surface area contributed by atoms with Gasteiger partial charge in [-0.15, -0.1) is 0 Å². The molecule has 1 heterocycles. The molecule has 1 aliphatic carbocycles. The number of aromatic nitrogens is 2. The fourth-order valence-corrected chi connectivity index (χ4v) is 2.75. The van der Waals surface area contributed by atoms with Crippen LogP contribution in [0.3, 0.4) is 0 Å². The molecule has 6 nitrogen and oxygen atoms in total. The van der Waals surface area contributed by atoms with Gasteiger partial charge in [-0.05, 0) is 19.3 Å². The van der Waals surface area contributed by atoms with E-state index in [1.54, 1.807) is 12.5 Å². The molecule has 20 heavy (non-hydrogen) atoms. The SMILES string of the molecule is O=C([O-])[C@H]1CCCC[C@H]1C(=O)NCCCn1ccnc1. The zero-order chi connectivity index (χ0) is 14.4. The highest BCUT2D eigenvalue weighted by molar-refractivity contribution is 5.84. The lowest BCUT2D eigenvalue weighted by Crippen LogP contribution is -2.44. The fraction of sp³-hybridized carbons (Fsp3) is 0.643. The molecule has 1 aromatic heterocycles. The van der Waals surface area contributed by atoms with Crippen molar-refractivity contribution in [3.05, 3.63) is 18.7 Å². The Hall–Kier alpha value is -1.85. The van der Waals surface area contributed by atoms with Gasteiger partial charge in [0.25, 0.3) is 0 Å². The van der Waals surface area contributed by atoms with Crippen molar-refractivity contribution >= 4 is 11.9 Å². The second-order valence-electron chi connectivity index (χ2n) is 5.26. The first-order valence-corrected chi connectivity index (χ1v) is 7.13. The fourth-order valence-electron chi connectivity index (χ4n) is 2.75. The predicted molar refractivity (Wildman–Crippen MR) is 70.3 cm³/mol. The van der Waals surface area contributed by atoms with Crippen molar-refractivity contribution in [1.29, 1.82) is 0 Å². The molecule has 6 heteroatoms. The lowest BCUT2D eigenvalue weighted by molar-refractivity contribution is -0.314. The van der Waals surface area contributed by atoms with E-state index in [4.69, 9.17) is 0 Å². The number of hydrogen-bond donors (Lipinski definition) is 1. The van der Waals surface area contributed by atoms with E-state index in [0.29, 0.717) is 19.4 Å². The Morgan fingerprint density at radius 2 is 2.05 bits per heavy atom. The molecule has 1 N–H and O–H groups in total. The number of aliphatic carboxylic acids is 1. The summed E-state index contributed by atoms with van der Waals surface area (Å²) >= 11 is 0. The van der Waals surface area contributed by atoms with Crippen molar-refractivity contribution in [1.82, 2.24) is 14.9 Å². The second-order valence-corrected chi connectivity index (χ2v) is 5.26. The summed E-state index contributed by atoms with van der Waals surface area (Å²) in [5.41, 5.74) is 0. The highest BCUT2D eigenvalue weighted by atomic mass is 16.4. The van der Waals surface area contributed by atoms with Crippen molar-refractivity contribution in [3.8, 4) is 0 Å². The van der Waals surface area contributed by atoms with E-state index in [-0.39, 0.29) is 5.91 Å². The summed E-state index contributed by atoms with van der Waals surface area (Å²) in [5.74, 6) is -2.30. The summed E-state index contributed by atoms with van der Waals surface area (Å²) in [6.07, 6.45) is 9.08.